The zero-order chi connectivity index (χ0) is 15.6. The number of hydrogen-bond donors (Lipinski definition) is 1. The van der Waals surface area contributed by atoms with Crippen LogP contribution in [0.4, 0.5) is 10.2 Å². The van der Waals surface area contributed by atoms with E-state index in [1.165, 1.54) is 6.07 Å². The van der Waals surface area contributed by atoms with Crippen molar-refractivity contribution in [3.63, 3.8) is 0 Å². The average molecular weight is 309 g/mol. The molecule has 1 aromatic carbocycles. The van der Waals surface area contributed by atoms with Gasteiger partial charge in [0.2, 0.25) is 0 Å². The van der Waals surface area contributed by atoms with Crippen LogP contribution < -0.4 is 5.32 Å². The lowest BCUT2D eigenvalue weighted by atomic mass is 10.1. The van der Waals surface area contributed by atoms with E-state index in [1.54, 1.807) is 35.4 Å². The fourth-order valence-corrected chi connectivity index (χ4v) is 2.93. The van der Waals surface area contributed by atoms with Crippen molar-refractivity contribution in [2.75, 3.05) is 11.9 Å². The van der Waals surface area contributed by atoms with E-state index in [-0.39, 0.29) is 5.82 Å². The normalized spacial score (nSPS) is 14.0. The van der Waals surface area contributed by atoms with E-state index >= 15 is 0 Å². The third-order valence-corrected chi connectivity index (χ3v) is 4.02. The minimum atomic E-state index is -0.297. The Hall–Kier alpha value is -2.76. The van der Waals surface area contributed by atoms with Crippen LogP contribution in [0.1, 0.15) is 18.4 Å². The molecule has 0 saturated carbocycles. The molecule has 0 atom stereocenters. The first-order valence-electron chi connectivity index (χ1n) is 7.71. The maximum Gasteiger partial charge on any atom is 0.148 e. The summed E-state index contributed by atoms with van der Waals surface area (Å²) in [6.45, 7) is 0.854. The van der Waals surface area contributed by atoms with Crippen molar-refractivity contribution in [3.05, 3.63) is 54.2 Å². The molecule has 0 amide bonds. The SMILES string of the molecule is Fc1ccccc1-n1nc(-c2cnccn2)c2c1NCCCC2. The Balaban J connectivity index is 1.94. The van der Waals surface area contributed by atoms with E-state index in [9.17, 15) is 4.39 Å². The van der Waals surface area contributed by atoms with Crippen molar-refractivity contribution in [3.8, 4) is 17.1 Å². The lowest BCUT2D eigenvalue weighted by molar-refractivity contribution is 0.611. The quantitative estimate of drug-likeness (QED) is 0.790. The predicted octanol–water partition coefficient (Wildman–Crippen LogP) is 3.22. The first-order chi connectivity index (χ1) is 11.3. The zero-order valence-corrected chi connectivity index (χ0v) is 12.5. The minimum absolute atomic E-state index is 0.297. The highest BCUT2D eigenvalue weighted by molar-refractivity contribution is 5.68. The van der Waals surface area contributed by atoms with Crippen LogP contribution in [0, 0.1) is 5.82 Å². The highest BCUT2D eigenvalue weighted by atomic mass is 19.1. The van der Waals surface area contributed by atoms with Crippen LogP contribution in [-0.2, 0) is 6.42 Å². The van der Waals surface area contributed by atoms with Crippen molar-refractivity contribution in [1.82, 2.24) is 19.7 Å². The molecule has 0 fully saturated rings. The lowest BCUT2D eigenvalue weighted by Gasteiger charge is -2.09. The molecule has 1 aliphatic heterocycles. The molecule has 3 aromatic rings. The van der Waals surface area contributed by atoms with Crippen molar-refractivity contribution in [1.29, 1.82) is 0 Å². The summed E-state index contributed by atoms with van der Waals surface area (Å²) in [5.74, 6) is 0.558. The van der Waals surface area contributed by atoms with Gasteiger partial charge in [-0.15, -0.1) is 0 Å². The van der Waals surface area contributed by atoms with Gasteiger partial charge in [0.25, 0.3) is 0 Å². The maximum atomic E-state index is 14.2. The summed E-state index contributed by atoms with van der Waals surface area (Å²) in [6, 6.07) is 6.67. The van der Waals surface area contributed by atoms with E-state index < -0.39 is 0 Å². The van der Waals surface area contributed by atoms with Crippen LogP contribution in [-0.4, -0.2) is 26.3 Å². The standard InChI is InChI=1S/C17H16FN5/c18-13-6-1-2-7-15(13)23-17-12(5-3-4-8-21-17)16(22-23)14-11-19-9-10-20-14/h1-2,6-7,9-11,21H,3-5,8H2. The first kappa shape index (κ1) is 13.9. The summed E-state index contributed by atoms with van der Waals surface area (Å²) in [5, 5.41) is 8.04. The largest absolute Gasteiger partial charge is 0.370 e. The smallest absolute Gasteiger partial charge is 0.148 e. The van der Waals surface area contributed by atoms with Gasteiger partial charge in [-0.2, -0.15) is 5.10 Å². The van der Waals surface area contributed by atoms with Crippen molar-refractivity contribution < 1.29 is 4.39 Å². The Morgan fingerprint density at radius 2 is 2.04 bits per heavy atom. The second-order valence-electron chi connectivity index (χ2n) is 5.51. The van der Waals surface area contributed by atoms with Gasteiger partial charge in [-0.1, -0.05) is 12.1 Å². The second kappa shape index (κ2) is 5.79. The van der Waals surface area contributed by atoms with Gasteiger partial charge in [0.15, 0.2) is 0 Å². The Kier molecular flexibility index (Phi) is 3.49. The number of halogens is 1. The molecule has 0 saturated heterocycles. The minimum Gasteiger partial charge on any atom is -0.370 e. The molecule has 1 aliphatic rings. The number of hydrogen-bond acceptors (Lipinski definition) is 4. The molecule has 0 radical (unpaired) electrons. The molecular weight excluding hydrogens is 293 g/mol. The number of nitrogens with zero attached hydrogens (tertiary/aromatic N) is 4. The van der Waals surface area contributed by atoms with Gasteiger partial charge < -0.3 is 5.32 Å². The van der Waals surface area contributed by atoms with Crippen LogP contribution in [0.5, 0.6) is 0 Å². The number of rotatable bonds is 2. The third kappa shape index (κ3) is 2.46. The number of aromatic nitrogens is 4. The number of benzene rings is 1. The fraction of sp³-hybridized carbons (Fsp3) is 0.235. The van der Waals surface area contributed by atoms with Crippen LogP contribution in [0.15, 0.2) is 42.9 Å². The monoisotopic (exact) mass is 309 g/mol. The van der Waals surface area contributed by atoms with Crippen molar-refractivity contribution in [2.45, 2.75) is 19.3 Å². The van der Waals surface area contributed by atoms with Gasteiger partial charge in [0.05, 0.1) is 6.20 Å². The van der Waals surface area contributed by atoms with Crippen LogP contribution in [0.25, 0.3) is 17.1 Å². The molecule has 0 aliphatic carbocycles. The highest BCUT2D eigenvalue weighted by Crippen LogP contribution is 2.33. The molecule has 116 valence electrons. The Labute approximate surface area is 133 Å². The highest BCUT2D eigenvalue weighted by Gasteiger charge is 2.23. The Morgan fingerprint density at radius 1 is 1.13 bits per heavy atom. The maximum absolute atomic E-state index is 14.2. The van der Waals surface area contributed by atoms with E-state index in [4.69, 9.17) is 0 Å². The first-order valence-corrected chi connectivity index (χ1v) is 7.71. The third-order valence-electron chi connectivity index (χ3n) is 4.02. The zero-order valence-electron chi connectivity index (χ0n) is 12.5. The molecular formula is C17H16FN5. The van der Waals surface area contributed by atoms with E-state index in [1.807, 2.05) is 6.07 Å². The van der Waals surface area contributed by atoms with Gasteiger partial charge >= 0.3 is 0 Å². The van der Waals surface area contributed by atoms with E-state index in [0.29, 0.717) is 11.4 Å². The molecule has 23 heavy (non-hydrogen) atoms. The molecule has 6 heteroatoms. The van der Waals surface area contributed by atoms with Crippen LogP contribution in [0.2, 0.25) is 0 Å². The van der Waals surface area contributed by atoms with Gasteiger partial charge in [0, 0.05) is 24.5 Å². The van der Waals surface area contributed by atoms with Crippen LogP contribution >= 0.6 is 0 Å². The molecule has 1 N–H and O–H groups in total. The summed E-state index contributed by atoms with van der Waals surface area (Å²) >= 11 is 0. The fourth-order valence-electron chi connectivity index (χ4n) is 2.93. The van der Waals surface area contributed by atoms with Gasteiger partial charge in [-0.3, -0.25) is 9.97 Å². The molecule has 3 heterocycles. The van der Waals surface area contributed by atoms with E-state index in [0.717, 1.165) is 42.9 Å². The predicted molar refractivity (Wildman–Crippen MR) is 86.0 cm³/mol. The van der Waals surface area contributed by atoms with Gasteiger partial charge in [0.1, 0.15) is 28.7 Å². The number of para-hydroxylation sites is 1. The summed E-state index contributed by atoms with van der Waals surface area (Å²) in [6.07, 6.45) is 8.01. The summed E-state index contributed by atoms with van der Waals surface area (Å²) in [4.78, 5) is 8.48. The summed E-state index contributed by atoms with van der Waals surface area (Å²) in [7, 11) is 0. The van der Waals surface area contributed by atoms with E-state index in [2.05, 4.69) is 20.4 Å². The molecule has 0 bridgehead atoms. The molecule has 2 aromatic heterocycles. The number of nitrogens with one attached hydrogen (secondary N) is 1. The summed E-state index contributed by atoms with van der Waals surface area (Å²) in [5.41, 5.74) is 2.99. The number of anilines is 1. The van der Waals surface area contributed by atoms with Crippen molar-refractivity contribution >= 4 is 5.82 Å². The van der Waals surface area contributed by atoms with Gasteiger partial charge in [-0.05, 0) is 31.4 Å². The Bertz CT molecular complexity index is 828. The molecule has 5 nitrogen and oxygen atoms in total. The average Bonchev–Trinajstić information content (AvgIpc) is 2.78. The van der Waals surface area contributed by atoms with Crippen molar-refractivity contribution in [2.24, 2.45) is 0 Å². The molecule has 4 rings (SSSR count). The Morgan fingerprint density at radius 3 is 2.87 bits per heavy atom. The lowest BCUT2D eigenvalue weighted by Crippen LogP contribution is -2.08. The van der Waals surface area contributed by atoms with Crippen LogP contribution in [0.3, 0.4) is 0 Å². The second-order valence-corrected chi connectivity index (χ2v) is 5.51. The van der Waals surface area contributed by atoms with Gasteiger partial charge in [-0.25, -0.2) is 9.07 Å². The molecule has 0 spiro atoms. The summed E-state index contributed by atoms with van der Waals surface area (Å²) < 4.78 is 15.9. The molecule has 0 unspecified atom stereocenters. The number of fused-ring (bicyclic) bond motifs is 1. The topological polar surface area (TPSA) is 55.6 Å².